The van der Waals surface area contributed by atoms with Crippen molar-refractivity contribution < 1.29 is 14.7 Å². The number of carboxylic acids is 1. The van der Waals surface area contributed by atoms with Gasteiger partial charge in [-0.15, -0.1) is 0 Å². The summed E-state index contributed by atoms with van der Waals surface area (Å²) in [6.07, 6.45) is 1.36. The summed E-state index contributed by atoms with van der Waals surface area (Å²) < 4.78 is 0.0802. The zero-order valence-electron chi connectivity index (χ0n) is 11.9. The maximum absolute atomic E-state index is 12.6. The van der Waals surface area contributed by atoms with E-state index < -0.39 is 11.9 Å². The third kappa shape index (κ3) is 3.25. The van der Waals surface area contributed by atoms with Crippen LogP contribution in [0, 0.1) is 17.8 Å². The molecule has 1 saturated heterocycles. The van der Waals surface area contributed by atoms with E-state index in [1.165, 1.54) is 0 Å². The van der Waals surface area contributed by atoms with E-state index in [2.05, 4.69) is 13.8 Å². The number of hydrogen-bond acceptors (Lipinski definition) is 3. The van der Waals surface area contributed by atoms with Crippen LogP contribution in [0.2, 0.25) is 0 Å². The molecule has 1 unspecified atom stereocenters. The number of rotatable bonds is 2. The molecule has 0 aromatic rings. The van der Waals surface area contributed by atoms with E-state index in [0.29, 0.717) is 12.3 Å². The van der Waals surface area contributed by atoms with Crippen LogP contribution < -0.4 is 0 Å². The maximum atomic E-state index is 12.6. The zero-order valence-corrected chi connectivity index (χ0v) is 12.7. The number of carbonyl (C=O) groups excluding carboxylic acids is 1. The van der Waals surface area contributed by atoms with Gasteiger partial charge in [-0.25, -0.2) is 0 Å². The third-order valence-corrected chi connectivity index (χ3v) is 5.47. The van der Waals surface area contributed by atoms with Gasteiger partial charge in [-0.1, -0.05) is 6.92 Å². The molecule has 0 bridgehead atoms. The second-order valence-electron chi connectivity index (χ2n) is 6.50. The number of hydrogen-bond donors (Lipinski definition) is 1. The van der Waals surface area contributed by atoms with E-state index in [9.17, 15) is 14.7 Å². The van der Waals surface area contributed by atoms with E-state index in [1.54, 1.807) is 0 Å². The Hall–Kier alpha value is -0.710. The Labute approximate surface area is 118 Å². The summed E-state index contributed by atoms with van der Waals surface area (Å²) in [7, 11) is 0. The molecular weight excluding hydrogens is 262 g/mol. The van der Waals surface area contributed by atoms with E-state index in [4.69, 9.17) is 0 Å². The number of carboxylic acid groups (broad SMARTS) is 1. The van der Waals surface area contributed by atoms with Gasteiger partial charge < -0.3 is 10.0 Å². The molecule has 1 N–H and O–H groups in total. The van der Waals surface area contributed by atoms with Crippen LogP contribution in [0.4, 0.5) is 0 Å². The summed E-state index contributed by atoms with van der Waals surface area (Å²) >= 11 is 1.88. The molecular formula is C14H23NO3S. The van der Waals surface area contributed by atoms with Gasteiger partial charge in [0.2, 0.25) is 5.91 Å². The number of amides is 1. The van der Waals surface area contributed by atoms with Crippen molar-refractivity contribution in [2.75, 3.05) is 18.8 Å². The molecule has 3 atom stereocenters. The van der Waals surface area contributed by atoms with Crippen molar-refractivity contribution in [1.29, 1.82) is 0 Å². The second kappa shape index (κ2) is 5.35. The van der Waals surface area contributed by atoms with Gasteiger partial charge in [0.05, 0.1) is 11.8 Å². The largest absolute Gasteiger partial charge is 0.481 e. The van der Waals surface area contributed by atoms with E-state index in [0.717, 1.165) is 25.3 Å². The highest BCUT2D eigenvalue weighted by atomic mass is 32.2. The smallest absolute Gasteiger partial charge is 0.307 e. The van der Waals surface area contributed by atoms with Crippen molar-refractivity contribution >= 4 is 23.6 Å². The third-order valence-electron chi connectivity index (χ3n) is 4.17. The lowest BCUT2D eigenvalue weighted by Gasteiger charge is -2.39. The Kier molecular flexibility index (Phi) is 4.14. The zero-order chi connectivity index (χ0) is 14.2. The first kappa shape index (κ1) is 14.7. The lowest BCUT2D eigenvalue weighted by atomic mass is 9.94. The van der Waals surface area contributed by atoms with Gasteiger partial charge >= 0.3 is 5.97 Å². The highest BCUT2D eigenvalue weighted by Crippen LogP contribution is 2.39. The normalized spacial score (nSPS) is 34.3. The molecule has 1 heterocycles. The Balaban J connectivity index is 2.08. The summed E-state index contributed by atoms with van der Waals surface area (Å²) in [4.78, 5) is 25.8. The Morgan fingerprint density at radius 1 is 1.26 bits per heavy atom. The lowest BCUT2D eigenvalue weighted by Crippen LogP contribution is -2.49. The van der Waals surface area contributed by atoms with Gasteiger partial charge in [-0.2, -0.15) is 11.8 Å². The molecule has 4 nitrogen and oxygen atoms in total. The van der Waals surface area contributed by atoms with Gasteiger partial charge in [0.25, 0.3) is 0 Å². The van der Waals surface area contributed by atoms with Crippen molar-refractivity contribution in [1.82, 2.24) is 4.90 Å². The fourth-order valence-electron chi connectivity index (χ4n) is 3.28. The van der Waals surface area contributed by atoms with Crippen LogP contribution in [0.25, 0.3) is 0 Å². The average Bonchev–Trinajstić information content (AvgIpc) is 2.69. The second-order valence-corrected chi connectivity index (χ2v) is 8.30. The standard InChI is InChI=1S/C14H23NO3S/c1-9-6-10(11(7-9)13(17)18)12(16)15-4-5-19-14(2,3)8-15/h9-11H,4-8H2,1-3H3,(H,17,18)/t9?,10-,11+/m0/s1. The molecule has 2 fully saturated rings. The molecule has 1 aliphatic carbocycles. The van der Waals surface area contributed by atoms with Crippen LogP contribution in [0.1, 0.15) is 33.6 Å². The molecule has 1 aliphatic heterocycles. The monoisotopic (exact) mass is 285 g/mol. The minimum atomic E-state index is -0.812. The molecule has 0 spiro atoms. The van der Waals surface area contributed by atoms with Crippen LogP contribution in [-0.4, -0.2) is 45.5 Å². The first-order valence-electron chi connectivity index (χ1n) is 6.96. The van der Waals surface area contributed by atoms with Gasteiger partial charge in [0, 0.05) is 23.6 Å². The number of carbonyl (C=O) groups is 2. The minimum Gasteiger partial charge on any atom is -0.481 e. The minimum absolute atomic E-state index is 0.0603. The first-order chi connectivity index (χ1) is 8.80. The summed E-state index contributed by atoms with van der Waals surface area (Å²) in [5.74, 6) is -0.272. The molecule has 0 aromatic carbocycles. The summed E-state index contributed by atoms with van der Waals surface area (Å²) in [5.41, 5.74) is 0. The van der Waals surface area contributed by atoms with Crippen LogP contribution in [0.5, 0.6) is 0 Å². The van der Waals surface area contributed by atoms with Gasteiger partial charge in [-0.3, -0.25) is 9.59 Å². The number of nitrogens with zero attached hydrogens (tertiary/aromatic N) is 1. The fourth-order valence-corrected chi connectivity index (χ4v) is 4.39. The molecule has 0 radical (unpaired) electrons. The van der Waals surface area contributed by atoms with Crippen molar-refractivity contribution in [3.05, 3.63) is 0 Å². The van der Waals surface area contributed by atoms with Crippen LogP contribution in [-0.2, 0) is 9.59 Å². The molecule has 1 amide bonds. The molecule has 0 aromatic heterocycles. The molecule has 1 saturated carbocycles. The fraction of sp³-hybridized carbons (Fsp3) is 0.857. The van der Waals surface area contributed by atoms with Crippen molar-refractivity contribution in [2.45, 2.75) is 38.4 Å². The van der Waals surface area contributed by atoms with E-state index in [1.807, 2.05) is 23.6 Å². The predicted octanol–water partition coefficient (Wildman–Crippen LogP) is 2.09. The SMILES string of the molecule is CC1C[C@H](C(=O)N2CCSC(C)(C)C2)[C@H](C(=O)O)C1. The van der Waals surface area contributed by atoms with Crippen molar-refractivity contribution in [2.24, 2.45) is 17.8 Å². The summed E-state index contributed by atoms with van der Waals surface area (Å²) in [6, 6.07) is 0. The summed E-state index contributed by atoms with van der Waals surface area (Å²) in [6.45, 7) is 7.81. The van der Waals surface area contributed by atoms with E-state index >= 15 is 0 Å². The van der Waals surface area contributed by atoms with Crippen molar-refractivity contribution in [3.63, 3.8) is 0 Å². The Morgan fingerprint density at radius 3 is 2.47 bits per heavy atom. The predicted molar refractivity (Wildman–Crippen MR) is 76.1 cm³/mol. The van der Waals surface area contributed by atoms with Gasteiger partial charge in [0.1, 0.15) is 0 Å². The number of aliphatic carboxylic acids is 1. The van der Waals surface area contributed by atoms with Crippen LogP contribution in [0.15, 0.2) is 0 Å². The molecule has 2 rings (SSSR count). The molecule has 19 heavy (non-hydrogen) atoms. The van der Waals surface area contributed by atoms with Gasteiger partial charge in [-0.05, 0) is 32.6 Å². The first-order valence-corrected chi connectivity index (χ1v) is 7.94. The maximum Gasteiger partial charge on any atom is 0.307 e. The molecule has 108 valence electrons. The topological polar surface area (TPSA) is 57.6 Å². The highest BCUT2D eigenvalue weighted by Gasteiger charge is 2.44. The summed E-state index contributed by atoms with van der Waals surface area (Å²) in [5, 5.41) is 9.28. The lowest BCUT2D eigenvalue weighted by molar-refractivity contribution is -0.149. The Bertz CT molecular complexity index is 383. The van der Waals surface area contributed by atoms with Crippen molar-refractivity contribution in [3.8, 4) is 0 Å². The highest BCUT2D eigenvalue weighted by molar-refractivity contribution is 8.00. The quantitative estimate of drug-likeness (QED) is 0.844. The average molecular weight is 285 g/mol. The van der Waals surface area contributed by atoms with E-state index in [-0.39, 0.29) is 16.6 Å². The van der Waals surface area contributed by atoms with Gasteiger partial charge in [0.15, 0.2) is 0 Å². The molecule has 5 heteroatoms. The van der Waals surface area contributed by atoms with Crippen LogP contribution in [0.3, 0.4) is 0 Å². The Morgan fingerprint density at radius 2 is 1.89 bits per heavy atom. The molecule has 2 aliphatic rings. The van der Waals surface area contributed by atoms with Crippen LogP contribution >= 0.6 is 11.8 Å². The number of thioether (sulfide) groups is 1.